The highest BCUT2D eigenvalue weighted by atomic mass is 15.0. The molecule has 0 fully saturated rings. The maximum Gasteiger partial charge on any atom is 0.0540 e. The second kappa shape index (κ2) is 7.59. The molecule has 0 unspecified atom stereocenters. The quantitative estimate of drug-likeness (QED) is 0.376. The van der Waals surface area contributed by atoms with Crippen LogP contribution >= 0.6 is 0 Å². The zero-order valence-corrected chi connectivity index (χ0v) is 17.6. The molecule has 0 N–H and O–H groups in total. The average molecular weight is 400 g/mol. The summed E-state index contributed by atoms with van der Waals surface area (Å²) >= 11 is 0. The SMILES string of the molecule is C1=CCCC(c2cc(-c3ccccc3)cc(-n3c4c(c5ccccc53)=CCCC=4)c2)=C1. The van der Waals surface area contributed by atoms with Gasteiger partial charge >= 0.3 is 0 Å². The molecular weight excluding hydrogens is 374 g/mol. The van der Waals surface area contributed by atoms with E-state index < -0.39 is 0 Å². The van der Waals surface area contributed by atoms with E-state index >= 15 is 0 Å². The van der Waals surface area contributed by atoms with E-state index in [9.17, 15) is 0 Å². The fourth-order valence-corrected chi connectivity index (χ4v) is 4.99. The van der Waals surface area contributed by atoms with Crippen molar-refractivity contribution in [2.45, 2.75) is 25.7 Å². The Balaban J connectivity index is 1.67. The molecule has 0 aliphatic heterocycles. The van der Waals surface area contributed by atoms with Crippen molar-refractivity contribution in [1.82, 2.24) is 4.57 Å². The second-order valence-electron chi connectivity index (χ2n) is 8.43. The first-order valence-corrected chi connectivity index (χ1v) is 11.3. The Morgan fingerprint density at radius 1 is 0.677 bits per heavy atom. The van der Waals surface area contributed by atoms with Crippen molar-refractivity contribution in [2.24, 2.45) is 0 Å². The van der Waals surface area contributed by atoms with Gasteiger partial charge in [-0.1, -0.05) is 78.9 Å². The fraction of sp³-hybridized carbons (Fsp3) is 0.133. The molecule has 1 nitrogen and oxygen atoms in total. The van der Waals surface area contributed by atoms with Crippen molar-refractivity contribution >= 4 is 28.6 Å². The third-order valence-electron chi connectivity index (χ3n) is 6.47. The summed E-state index contributed by atoms with van der Waals surface area (Å²) in [7, 11) is 0. The number of hydrogen-bond donors (Lipinski definition) is 0. The van der Waals surface area contributed by atoms with E-state index in [1.807, 2.05) is 0 Å². The summed E-state index contributed by atoms with van der Waals surface area (Å²) in [4.78, 5) is 0. The van der Waals surface area contributed by atoms with Crippen LogP contribution in [0, 0.1) is 0 Å². The standard InChI is InChI=1S/C30H25N/c1-3-11-22(12-4-1)24-19-25(23-13-5-2-6-14-23)21-26(20-24)31-29-17-9-7-15-27(29)28-16-8-10-18-30(28)31/h1-5,7,9,11-13,15-21H,6,8,10,14H2. The maximum absolute atomic E-state index is 2.47. The molecule has 2 aliphatic rings. The lowest BCUT2D eigenvalue weighted by atomic mass is 9.93. The predicted molar refractivity (Wildman–Crippen MR) is 132 cm³/mol. The molecule has 0 spiro atoms. The molecule has 0 radical (unpaired) electrons. The Kier molecular flexibility index (Phi) is 4.46. The van der Waals surface area contributed by atoms with Crippen molar-refractivity contribution in [3.8, 4) is 16.8 Å². The Bertz CT molecular complexity index is 1460. The van der Waals surface area contributed by atoms with Gasteiger partial charge in [-0.3, -0.25) is 0 Å². The van der Waals surface area contributed by atoms with Crippen LogP contribution in [0.4, 0.5) is 0 Å². The van der Waals surface area contributed by atoms with Gasteiger partial charge in [0.2, 0.25) is 0 Å². The van der Waals surface area contributed by atoms with E-state index in [0.717, 1.165) is 25.7 Å². The molecule has 4 aromatic rings. The van der Waals surface area contributed by atoms with Crippen molar-refractivity contribution in [3.63, 3.8) is 0 Å². The lowest BCUT2D eigenvalue weighted by Gasteiger charge is -2.16. The average Bonchev–Trinajstić information content (AvgIpc) is 3.19. The van der Waals surface area contributed by atoms with Crippen LogP contribution in [0.1, 0.15) is 31.2 Å². The first-order valence-electron chi connectivity index (χ1n) is 11.3. The third-order valence-corrected chi connectivity index (χ3v) is 6.47. The first kappa shape index (κ1) is 18.2. The molecule has 150 valence electrons. The summed E-state index contributed by atoms with van der Waals surface area (Å²) in [5.41, 5.74) is 7.81. The van der Waals surface area contributed by atoms with Gasteiger partial charge in [-0.2, -0.15) is 0 Å². The molecular formula is C30H25N. The molecule has 0 saturated heterocycles. The molecule has 1 aromatic heterocycles. The normalized spacial score (nSPS) is 15.2. The molecule has 0 bridgehead atoms. The lowest BCUT2D eigenvalue weighted by Crippen LogP contribution is -2.30. The summed E-state index contributed by atoms with van der Waals surface area (Å²) in [5.74, 6) is 0. The van der Waals surface area contributed by atoms with Crippen molar-refractivity contribution in [2.75, 3.05) is 0 Å². The monoisotopic (exact) mass is 399 g/mol. The van der Waals surface area contributed by atoms with Gasteiger partial charge in [0.15, 0.2) is 0 Å². The zero-order valence-electron chi connectivity index (χ0n) is 17.6. The summed E-state index contributed by atoms with van der Waals surface area (Å²) in [6, 6.07) is 26.7. The molecule has 3 aromatic carbocycles. The number of allylic oxidation sites excluding steroid dienone is 4. The van der Waals surface area contributed by atoms with E-state index in [4.69, 9.17) is 0 Å². The Morgan fingerprint density at radius 2 is 1.48 bits per heavy atom. The van der Waals surface area contributed by atoms with Gasteiger partial charge in [-0.25, -0.2) is 0 Å². The van der Waals surface area contributed by atoms with E-state index in [1.54, 1.807) is 0 Å². The van der Waals surface area contributed by atoms with E-state index in [0.29, 0.717) is 0 Å². The van der Waals surface area contributed by atoms with Gasteiger partial charge in [0.1, 0.15) is 0 Å². The zero-order chi connectivity index (χ0) is 20.6. The van der Waals surface area contributed by atoms with Gasteiger partial charge in [-0.05, 0) is 72.2 Å². The Labute approximate surface area is 183 Å². The summed E-state index contributed by atoms with van der Waals surface area (Å²) in [6.07, 6.45) is 16.0. The molecule has 31 heavy (non-hydrogen) atoms. The second-order valence-corrected chi connectivity index (χ2v) is 8.43. The van der Waals surface area contributed by atoms with E-state index in [-0.39, 0.29) is 0 Å². The maximum atomic E-state index is 2.47. The highest BCUT2D eigenvalue weighted by molar-refractivity contribution is 5.85. The predicted octanol–water partition coefficient (Wildman–Crippen LogP) is 6.39. The number of fused-ring (bicyclic) bond motifs is 3. The molecule has 0 saturated carbocycles. The molecule has 6 rings (SSSR count). The van der Waals surface area contributed by atoms with E-state index in [1.165, 1.54) is 49.4 Å². The minimum Gasteiger partial charge on any atom is -0.310 e. The van der Waals surface area contributed by atoms with Gasteiger partial charge in [0.05, 0.1) is 5.52 Å². The highest BCUT2D eigenvalue weighted by Crippen LogP contribution is 2.31. The van der Waals surface area contributed by atoms with Crippen LogP contribution in [0.15, 0.2) is 91.0 Å². The Hall–Kier alpha value is -3.58. The van der Waals surface area contributed by atoms with Crippen LogP contribution in [0.2, 0.25) is 0 Å². The third kappa shape index (κ3) is 3.18. The molecule has 0 amide bonds. The fourth-order valence-electron chi connectivity index (χ4n) is 4.99. The topological polar surface area (TPSA) is 4.93 Å². The number of benzene rings is 3. The van der Waals surface area contributed by atoms with Crippen LogP contribution < -0.4 is 10.6 Å². The van der Waals surface area contributed by atoms with Crippen LogP contribution in [0.5, 0.6) is 0 Å². The van der Waals surface area contributed by atoms with Crippen molar-refractivity contribution < 1.29 is 0 Å². The molecule has 2 aliphatic carbocycles. The number of nitrogens with zero attached hydrogens (tertiary/aromatic N) is 1. The van der Waals surface area contributed by atoms with Crippen molar-refractivity contribution in [3.05, 3.63) is 107 Å². The Morgan fingerprint density at radius 3 is 2.35 bits per heavy atom. The van der Waals surface area contributed by atoms with Gasteiger partial charge in [0, 0.05) is 21.6 Å². The smallest absolute Gasteiger partial charge is 0.0540 e. The summed E-state index contributed by atoms with van der Waals surface area (Å²) in [5, 5.41) is 4.06. The number of rotatable bonds is 3. The summed E-state index contributed by atoms with van der Waals surface area (Å²) in [6.45, 7) is 0. The van der Waals surface area contributed by atoms with Gasteiger partial charge in [0.25, 0.3) is 0 Å². The molecule has 1 heteroatoms. The largest absolute Gasteiger partial charge is 0.310 e. The van der Waals surface area contributed by atoms with Gasteiger partial charge in [-0.15, -0.1) is 0 Å². The van der Waals surface area contributed by atoms with Crippen molar-refractivity contribution in [1.29, 1.82) is 0 Å². The lowest BCUT2D eigenvalue weighted by molar-refractivity contribution is 1.02. The van der Waals surface area contributed by atoms with Crippen LogP contribution in [0.3, 0.4) is 0 Å². The minimum atomic E-state index is 1.10. The number of aromatic nitrogens is 1. The van der Waals surface area contributed by atoms with Crippen LogP contribution in [-0.4, -0.2) is 4.57 Å². The molecule has 1 heterocycles. The van der Waals surface area contributed by atoms with Gasteiger partial charge < -0.3 is 4.57 Å². The van der Waals surface area contributed by atoms with E-state index in [2.05, 4.69) is 108 Å². The first-order chi connectivity index (χ1) is 15.4. The van der Waals surface area contributed by atoms with Crippen LogP contribution in [-0.2, 0) is 0 Å². The summed E-state index contributed by atoms with van der Waals surface area (Å²) < 4.78 is 2.47. The number of para-hydroxylation sites is 1. The molecule has 0 atom stereocenters. The van der Waals surface area contributed by atoms with Crippen LogP contribution in [0.25, 0.3) is 45.4 Å². The number of hydrogen-bond acceptors (Lipinski definition) is 0. The minimum absolute atomic E-state index is 1.10. The highest BCUT2D eigenvalue weighted by Gasteiger charge is 2.14.